The fourth-order valence-electron chi connectivity index (χ4n) is 3.84. The molecular formula is C23H29N3O4. The molecule has 2 aromatic rings. The second-order valence-electron chi connectivity index (χ2n) is 7.74. The minimum Gasteiger partial charge on any atom is -0.497 e. The van der Waals surface area contributed by atoms with E-state index in [-0.39, 0.29) is 12.0 Å². The van der Waals surface area contributed by atoms with E-state index in [9.17, 15) is 4.79 Å². The van der Waals surface area contributed by atoms with Crippen molar-refractivity contribution in [3.05, 3.63) is 48.5 Å². The quantitative estimate of drug-likeness (QED) is 0.726. The topological polar surface area (TPSA) is 54.5 Å². The third-order valence-corrected chi connectivity index (χ3v) is 5.62. The fraction of sp³-hybridized carbons (Fsp3) is 0.435. The van der Waals surface area contributed by atoms with Gasteiger partial charge in [0.2, 0.25) is 5.91 Å². The van der Waals surface area contributed by atoms with Crippen LogP contribution >= 0.6 is 0 Å². The Morgan fingerprint density at radius 1 is 1.10 bits per heavy atom. The number of rotatable bonds is 6. The normalized spacial score (nSPS) is 18.7. The molecular weight excluding hydrogens is 382 g/mol. The molecule has 0 unspecified atom stereocenters. The lowest BCUT2D eigenvalue weighted by molar-refractivity contribution is -0.132. The van der Waals surface area contributed by atoms with E-state index in [1.54, 1.807) is 12.0 Å². The number of nitrogens with zero attached hydrogens (tertiary/aromatic N) is 3. The molecule has 0 saturated carbocycles. The summed E-state index contributed by atoms with van der Waals surface area (Å²) >= 11 is 0. The Morgan fingerprint density at radius 2 is 1.87 bits per heavy atom. The van der Waals surface area contributed by atoms with Crippen LogP contribution in [0.5, 0.6) is 17.2 Å². The van der Waals surface area contributed by atoms with Crippen molar-refractivity contribution >= 4 is 11.6 Å². The standard InChI is InChI=1S/C23H29N3O4/c1-24(15-20-17-29-21-8-3-4-9-22(21)30-20)23(27)16-25-10-12-26(13-11-25)18-6-5-7-19(14-18)28-2/h3-9,14,20H,10-13,15-17H2,1-2H3/t20-/m0/s1. The zero-order valence-electron chi connectivity index (χ0n) is 17.6. The molecule has 7 nitrogen and oxygen atoms in total. The van der Waals surface area contributed by atoms with Gasteiger partial charge in [-0.05, 0) is 24.3 Å². The van der Waals surface area contributed by atoms with Gasteiger partial charge in [-0.15, -0.1) is 0 Å². The molecule has 0 aliphatic carbocycles. The molecule has 1 saturated heterocycles. The molecule has 30 heavy (non-hydrogen) atoms. The lowest BCUT2D eigenvalue weighted by Crippen LogP contribution is -2.51. The summed E-state index contributed by atoms with van der Waals surface area (Å²) in [4.78, 5) is 19.0. The molecule has 0 bridgehead atoms. The van der Waals surface area contributed by atoms with Crippen molar-refractivity contribution < 1.29 is 19.0 Å². The largest absolute Gasteiger partial charge is 0.497 e. The maximum absolute atomic E-state index is 12.7. The smallest absolute Gasteiger partial charge is 0.236 e. The Balaban J connectivity index is 1.23. The zero-order valence-corrected chi connectivity index (χ0v) is 17.6. The predicted octanol–water partition coefficient (Wildman–Crippen LogP) is 2.12. The van der Waals surface area contributed by atoms with Crippen molar-refractivity contribution in [3.8, 4) is 17.2 Å². The van der Waals surface area contributed by atoms with Gasteiger partial charge in [-0.1, -0.05) is 18.2 Å². The van der Waals surface area contributed by atoms with E-state index in [4.69, 9.17) is 14.2 Å². The van der Waals surface area contributed by atoms with E-state index in [0.29, 0.717) is 19.7 Å². The van der Waals surface area contributed by atoms with Gasteiger partial charge >= 0.3 is 0 Å². The fourth-order valence-corrected chi connectivity index (χ4v) is 3.84. The van der Waals surface area contributed by atoms with Crippen LogP contribution in [0.1, 0.15) is 0 Å². The number of fused-ring (bicyclic) bond motifs is 1. The number of carbonyl (C=O) groups excluding carboxylic acids is 1. The number of piperazine rings is 1. The number of amides is 1. The third kappa shape index (κ3) is 4.79. The highest BCUT2D eigenvalue weighted by atomic mass is 16.6. The maximum Gasteiger partial charge on any atom is 0.236 e. The number of likely N-dealkylation sites (N-methyl/N-ethyl adjacent to an activating group) is 1. The van der Waals surface area contributed by atoms with Gasteiger partial charge in [0, 0.05) is 45.0 Å². The summed E-state index contributed by atoms with van der Waals surface area (Å²) < 4.78 is 17.0. The van der Waals surface area contributed by atoms with Crippen LogP contribution in [0.2, 0.25) is 0 Å². The second kappa shape index (κ2) is 9.26. The third-order valence-electron chi connectivity index (χ3n) is 5.62. The van der Waals surface area contributed by atoms with Crippen molar-refractivity contribution in [1.82, 2.24) is 9.80 Å². The summed E-state index contributed by atoms with van der Waals surface area (Å²) in [7, 11) is 3.51. The van der Waals surface area contributed by atoms with Crippen LogP contribution in [0.4, 0.5) is 5.69 Å². The first-order valence-electron chi connectivity index (χ1n) is 10.4. The van der Waals surface area contributed by atoms with Crippen LogP contribution in [-0.4, -0.2) is 81.8 Å². The highest BCUT2D eigenvalue weighted by molar-refractivity contribution is 5.78. The van der Waals surface area contributed by atoms with E-state index in [2.05, 4.69) is 21.9 Å². The second-order valence-corrected chi connectivity index (χ2v) is 7.74. The van der Waals surface area contributed by atoms with Gasteiger partial charge < -0.3 is 24.0 Å². The summed E-state index contributed by atoms with van der Waals surface area (Å²) in [5.74, 6) is 2.47. The predicted molar refractivity (Wildman–Crippen MR) is 116 cm³/mol. The molecule has 1 fully saturated rings. The summed E-state index contributed by atoms with van der Waals surface area (Å²) in [5.41, 5.74) is 1.16. The van der Waals surface area contributed by atoms with Crippen molar-refractivity contribution in [2.24, 2.45) is 0 Å². The molecule has 0 N–H and O–H groups in total. The summed E-state index contributed by atoms with van der Waals surface area (Å²) in [6.07, 6.45) is -0.154. The van der Waals surface area contributed by atoms with Gasteiger partial charge in [-0.2, -0.15) is 0 Å². The highest BCUT2D eigenvalue weighted by Crippen LogP contribution is 2.31. The van der Waals surface area contributed by atoms with Crippen LogP contribution in [0.15, 0.2) is 48.5 Å². The number of para-hydroxylation sites is 2. The lowest BCUT2D eigenvalue weighted by atomic mass is 10.2. The zero-order chi connectivity index (χ0) is 20.9. The molecule has 2 aliphatic heterocycles. The number of hydrogen-bond acceptors (Lipinski definition) is 6. The highest BCUT2D eigenvalue weighted by Gasteiger charge is 2.25. The summed E-state index contributed by atoms with van der Waals surface area (Å²) in [6, 6.07) is 15.7. The Kier molecular flexibility index (Phi) is 6.28. The maximum atomic E-state index is 12.7. The molecule has 0 radical (unpaired) electrons. The molecule has 2 aliphatic rings. The lowest BCUT2D eigenvalue weighted by Gasteiger charge is -2.36. The number of methoxy groups -OCH3 is 1. The average molecular weight is 412 g/mol. The molecule has 1 amide bonds. The molecule has 1 atom stereocenters. The molecule has 7 heteroatoms. The van der Waals surface area contributed by atoms with E-state index in [1.165, 1.54) is 0 Å². The first kappa shape index (κ1) is 20.3. The van der Waals surface area contributed by atoms with E-state index < -0.39 is 0 Å². The van der Waals surface area contributed by atoms with E-state index in [0.717, 1.165) is 49.1 Å². The molecule has 0 aromatic heterocycles. The summed E-state index contributed by atoms with van der Waals surface area (Å²) in [6.45, 7) is 4.87. The number of hydrogen-bond donors (Lipinski definition) is 0. The minimum atomic E-state index is -0.154. The Hall–Kier alpha value is -2.93. The number of ether oxygens (including phenoxy) is 3. The SMILES string of the molecule is COc1cccc(N2CCN(CC(=O)N(C)C[C@H]3COc4ccccc4O3)CC2)c1. The summed E-state index contributed by atoms with van der Waals surface area (Å²) in [5, 5.41) is 0. The van der Waals surface area contributed by atoms with Crippen LogP contribution < -0.4 is 19.1 Å². The monoisotopic (exact) mass is 411 g/mol. The van der Waals surface area contributed by atoms with E-state index in [1.807, 2.05) is 43.4 Å². The number of benzene rings is 2. The van der Waals surface area contributed by atoms with Crippen LogP contribution in [0.25, 0.3) is 0 Å². The molecule has 2 aromatic carbocycles. The number of anilines is 1. The Labute approximate surface area is 177 Å². The average Bonchev–Trinajstić information content (AvgIpc) is 2.79. The van der Waals surface area contributed by atoms with E-state index >= 15 is 0 Å². The van der Waals surface area contributed by atoms with Gasteiger partial charge in [0.1, 0.15) is 12.4 Å². The Bertz CT molecular complexity index is 867. The van der Waals surface area contributed by atoms with Crippen molar-refractivity contribution in [1.29, 1.82) is 0 Å². The van der Waals surface area contributed by atoms with Crippen molar-refractivity contribution in [2.75, 3.05) is 64.9 Å². The van der Waals surface area contributed by atoms with Gasteiger partial charge in [-0.3, -0.25) is 9.69 Å². The van der Waals surface area contributed by atoms with Crippen LogP contribution in [-0.2, 0) is 4.79 Å². The van der Waals surface area contributed by atoms with Gasteiger partial charge in [0.25, 0.3) is 0 Å². The van der Waals surface area contributed by atoms with Crippen molar-refractivity contribution in [2.45, 2.75) is 6.10 Å². The molecule has 0 spiro atoms. The molecule has 2 heterocycles. The van der Waals surface area contributed by atoms with Crippen molar-refractivity contribution in [3.63, 3.8) is 0 Å². The number of carbonyl (C=O) groups is 1. The van der Waals surface area contributed by atoms with Crippen LogP contribution in [0, 0.1) is 0 Å². The molecule has 160 valence electrons. The minimum absolute atomic E-state index is 0.104. The van der Waals surface area contributed by atoms with Crippen LogP contribution in [0.3, 0.4) is 0 Å². The van der Waals surface area contributed by atoms with Gasteiger partial charge in [0.15, 0.2) is 17.6 Å². The van der Waals surface area contributed by atoms with Gasteiger partial charge in [0.05, 0.1) is 20.2 Å². The Morgan fingerprint density at radius 3 is 2.63 bits per heavy atom. The first-order valence-corrected chi connectivity index (χ1v) is 10.4. The molecule has 4 rings (SSSR count). The first-order chi connectivity index (χ1) is 14.6. The van der Waals surface area contributed by atoms with Gasteiger partial charge in [-0.25, -0.2) is 0 Å².